The number of rotatable bonds is 2. The molecule has 0 unspecified atom stereocenters. The highest BCUT2D eigenvalue weighted by atomic mass is 79.9. The lowest BCUT2D eigenvalue weighted by Gasteiger charge is -2.08. The maximum absolute atomic E-state index is 9.32. The molecule has 0 radical (unpaired) electrons. The van der Waals surface area contributed by atoms with Crippen molar-refractivity contribution in [1.29, 1.82) is 5.26 Å². The van der Waals surface area contributed by atoms with Crippen LogP contribution >= 0.6 is 31.9 Å². The summed E-state index contributed by atoms with van der Waals surface area (Å²) >= 11 is 7.03. The molecule has 0 atom stereocenters. The molecule has 0 spiro atoms. The van der Waals surface area contributed by atoms with Crippen molar-refractivity contribution in [2.75, 3.05) is 0 Å². The molecule has 3 aromatic rings. The minimum absolute atomic E-state index is 0.660. The first-order chi connectivity index (χ1) is 10.7. The standard InChI is InChI=1S/C19H11Br2N/c20-18-9-17(10-19(21)11-18)16-7-13(12-22)6-15(8-16)14-4-2-1-3-5-14/h1-11H. The van der Waals surface area contributed by atoms with Gasteiger partial charge < -0.3 is 0 Å². The van der Waals surface area contributed by atoms with E-state index in [9.17, 15) is 5.26 Å². The first-order valence-electron chi connectivity index (χ1n) is 6.73. The highest BCUT2D eigenvalue weighted by molar-refractivity contribution is 9.11. The van der Waals surface area contributed by atoms with Crippen molar-refractivity contribution in [2.45, 2.75) is 0 Å². The van der Waals surface area contributed by atoms with E-state index in [1.807, 2.05) is 36.4 Å². The Morgan fingerprint density at radius 3 is 1.77 bits per heavy atom. The summed E-state index contributed by atoms with van der Waals surface area (Å²) in [5.74, 6) is 0. The fraction of sp³-hybridized carbons (Fsp3) is 0. The molecule has 22 heavy (non-hydrogen) atoms. The number of nitrogens with zero attached hydrogens (tertiary/aromatic N) is 1. The van der Waals surface area contributed by atoms with Gasteiger partial charge in [0.1, 0.15) is 0 Å². The summed E-state index contributed by atoms with van der Waals surface area (Å²) < 4.78 is 2.00. The van der Waals surface area contributed by atoms with Gasteiger partial charge in [-0.2, -0.15) is 5.26 Å². The molecule has 1 nitrogen and oxygen atoms in total. The molecular formula is C19H11Br2N. The topological polar surface area (TPSA) is 23.8 Å². The van der Waals surface area contributed by atoms with E-state index >= 15 is 0 Å². The number of hydrogen-bond donors (Lipinski definition) is 0. The van der Waals surface area contributed by atoms with Crippen molar-refractivity contribution in [1.82, 2.24) is 0 Å². The second-order valence-corrected chi connectivity index (χ2v) is 6.77. The van der Waals surface area contributed by atoms with Crippen LogP contribution in [0.3, 0.4) is 0 Å². The van der Waals surface area contributed by atoms with Crippen LogP contribution in [0.4, 0.5) is 0 Å². The maximum atomic E-state index is 9.32. The molecule has 0 N–H and O–H groups in total. The third-order valence-corrected chi connectivity index (χ3v) is 4.28. The molecule has 0 aromatic heterocycles. The smallest absolute Gasteiger partial charge is 0.0992 e. The molecule has 0 aliphatic rings. The van der Waals surface area contributed by atoms with Crippen LogP contribution in [0, 0.1) is 11.3 Å². The second-order valence-electron chi connectivity index (χ2n) is 4.93. The average molecular weight is 413 g/mol. The van der Waals surface area contributed by atoms with Gasteiger partial charge in [-0.25, -0.2) is 0 Å². The SMILES string of the molecule is N#Cc1cc(-c2ccccc2)cc(-c2cc(Br)cc(Br)c2)c1. The second kappa shape index (κ2) is 6.48. The zero-order valence-electron chi connectivity index (χ0n) is 11.6. The van der Waals surface area contributed by atoms with E-state index in [1.165, 1.54) is 0 Å². The van der Waals surface area contributed by atoms with Gasteiger partial charge in [0.15, 0.2) is 0 Å². The van der Waals surface area contributed by atoms with E-state index in [0.717, 1.165) is 31.2 Å². The van der Waals surface area contributed by atoms with E-state index in [1.54, 1.807) is 0 Å². The highest BCUT2D eigenvalue weighted by Gasteiger charge is 2.07. The van der Waals surface area contributed by atoms with Crippen LogP contribution in [0.5, 0.6) is 0 Å². The van der Waals surface area contributed by atoms with Gasteiger partial charge in [0.2, 0.25) is 0 Å². The van der Waals surface area contributed by atoms with Crippen LogP contribution < -0.4 is 0 Å². The van der Waals surface area contributed by atoms with Crippen molar-refractivity contribution in [3.8, 4) is 28.3 Å². The van der Waals surface area contributed by atoms with Crippen LogP contribution in [0.1, 0.15) is 5.56 Å². The Kier molecular flexibility index (Phi) is 4.42. The molecule has 0 aliphatic carbocycles. The van der Waals surface area contributed by atoms with Crippen molar-refractivity contribution >= 4 is 31.9 Å². The molecule has 3 rings (SSSR count). The lowest BCUT2D eigenvalue weighted by atomic mass is 9.96. The molecule has 0 heterocycles. The van der Waals surface area contributed by atoms with Crippen LogP contribution in [-0.2, 0) is 0 Å². The Hall–Kier alpha value is -1.89. The van der Waals surface area contributed by atoms with E-state index in [0.29, 0.717) is 5.56 Å². The Labute approximate surface area is 146 Å². The van der Waals surface area contributed by atoms with Crippen molar-refractivity contribution in [3.63, 3.8) is 0 Å². The molecule has 0 saturated heterocycles. The Morgan fingerprint density at radius 1 is 0.636 bits per heavy atom. The van der Waals surface area contributed by atoms with Crippen LogP contribution in [0.15, 0.2) is 75.7 Å². The number of halogens is 2. The van der Waals surface area contributed by atoms with Gasteiger partial charge >= 0.3 is 0 Å². The average Bonchev–Trinajstić information content (AvgIpc) is 2.54. The summed E-state index contributed by atoms with van der Waals surface area (Å²) in [6.07, 6.45) is 0. The van der Waals surface area contributed by atoms with Crippen LogP contribution in [0.25, 0.3) is 22.3 Å². The van der Waals surface area contributed by atoms with E-state index in [4.69, 9.17) is 0 Å². The summed E-state index contributed by atoms with van der Waals surface area (Å²) in [7, 11) is 0. The lowest BCUT2D eigenvalue weighted by Crippen LogP contribution is -1.85. The Morgan fingerprint density at radius 2 is 1.18 bits per heavy atom. The number of hydrogen-bond acceptors (Lipinski definition) is 1. The minimum atomic E-state index is 0.660. The molecular weight excluding hydrogens is 402 g/mol. The maximum Gasteiger partial charge on any atom is 0.0992 e. The fourth-order valence-electron chi connectivity index (χ4n) is 2.38. The van der Waals surface area contributed by atoms with Crippen molar-refractivity contribution in [2.24, 2.45) is 0 Å². The van der Waals surface area contributed by atoms with Gasteiger partial charge in [-0.3, -0.25) is 0 Å². The first kappa shape index (κ1) is 15.0. The predicted octanol–water partition coefficient (Wildman–Crippen LogP) is 6.42. The summed E-state index contributed by atoms with van der Waals surface area (Å²) in [6.45, 7) is 0. The van der Waals surface area contributed by atoms with Gasteiger partial charge in [-0.1, -0.05) is 62.2 Å². The third-order valence-electron chi connectivity index (χ3n) is 3.37. The van der Waals surface area contributed by atoms with Crippen LogP contribution in [-0.4, -0.2) is 0 Å². The number of nitriles is 1. The van der Waals surface area contributed by atoms with Crippen LogP contribution in [0.2, 0.25) is 0 Å². The summed E-state index contributed by atoms with van der Waals surface area (Å²) in [5.41, 5.74) is 4.91. The highest BCUT2D eigenvalue weighted by Crippen LogP contribution is 2.31. The van der Waals surface area contributed by atoms with Gasteiger partial charge in [0, 0.05) is 8.95 Å². The zero-order chi connectivity index (χ0) is 15.5. The Balaban J connectivity index is 2.18. The normalized spacial score (nSPS) is 10.2. The summed E-state index contributed by atoms with van der Waals surface area (Å²) in [5, 5.41) is 9.32. The predicted molar refractivity (Wildman–Crippen MR) is 97.4 cm³/mol. The van der Waals surface area contributed by atoms with E-state index < -0.39 is 0 Å². The largest absolute Gasteiger partial charge is 0.192 e. The molecule has 106 valence electrons. The Bertz CT molecular complexity index is 844. The van der Waals surface area contributed by atoms with Crippen molar-refractivity contribution in [3.05, 3.63) is 81.2 Å². The quantitative estimate of drug-likeness (QED) is 0.476. The molecule has 3 heteroatoms. The van der Waals surface area contributed by atoms with E-state index in [-0.39, 0.29) is 0 Å². The summed E-state index contributed by atoms with van der Waals surface area (Å²) in [6, 6.07) is 24.4. The molecule has 0 fully saturated rings. The van der Waals surface area contributed by atoms with E-state index in [2.05, 4.69) is 68.3 Å². The fourth-order valence-corrected chi connectivity index (χ4v) is 3.67. The van der Waals surface area contributed by atoms with Gasteiger partial charge in [0.25, 0.3) is 0 Å². The van der Waals surface area contributed by atoms with Gasteiger partial charge in [0.05, 0.1) is 11.6 Å². The molecule has 0 bridgehead atoms. The van der Waals surface area contributed by atoms with Gasteiger partial charge in [-0.15, -0.1) is 0 Å². The monoisotopic (exact) mass is 411 g/mol. The molecule has 0 amide bonds. The zero-order valence-corrected chi connectivity index (χ0v) is 14.7. The van der Waals surface area contributed by atoms with Crippen molar-refractivity contribution < 1.29 is 0 Å². The molecule has 0 saturated carbocycles. The van der Waals surface area contributed by atoms with Gasteiger partial charge in [-0.05, 0) is 58.7 Å². The lowest BCUT2D eigenvalue weighted by molar-refractivity contribution is 1.47. The third kappa shape index (κ3) is 3.30. The molecule has 0 aliphatic heterocycles. The first-order valence-corrected chi connectivity index (χ1v) is 8.31. The number of benzene rings is 3. The summed E-state index contributed by atoms with van der Waals surface area (Å²) in [4.78, 5) is 0. The molecule has 3 aromatic carbocycles. The minimum Gasteiger partial charge on any atom is -0.192 e.